The van der Waals surface area contributed by atoms with Gasteiger partial charge >= 0.3 is 12.1 Å². The number of morpholine rings is 1. The molecule has 37 heavy (non-hydrogen) atoms. The molecule has 0 radical (unpaired) electrons. The van der Waals surface area contributed by atoms with Crippen molar-refractivity contribution in [1.29, 1.82) is 0 Å². The van der Waals surface area contributed by atoms with Crippen LogP contribution in [0.15, 0.2) is 46.0 Å². The lowest BCUT2D eigenvalue weighted by Gasteiger charge is -2.26. The maximum atomic E-state index is 12.8. The number of aliphatic carboxylic acids is 1. The first-order valence-electron chi connectivity index (χ1n) is 11.5. The molecule has 1 aliphatic heterocycles. The van der Waals surface area contributed by atoms with Gasteiger partial charge in [0.2, 0.25) is 5.91 Å². The van der Waals surface area contributed by atoms with Gasteiger partial charge in [0.15, 0.2) is 0 Å². The molecule has 1 amide bonds. The third kappa shape index (κ3) is 8.15. The van der Waals surface area contributed by atoms with Gasteiger partial charge in [0.25, 0.3) is 10.0 Å². The van der Waals surface area contributed by atoms with E-state index in [-0.39, 0.29) is 10.1 Å². The van der Waals surface area contributed by atoms with Gasteiger partial charge in [0.05, 0.1) is 18.6 Å². The molecular formula is C23H28F3N3O6S2. The third-order valence-corrected chi connectivity index (χ3v) is 8.70. The Hall–Kier alpha value is -2.68. The van der Waals surface area contributed by atoms with Crippen molar-refractivity contribution < 1.29 is 41.0 Å². The van der Waals surface area contributed by atoms with Crippen LogP contribution in [0.5, 0.6) is 0 Å². The Morgan fingerprint density at radius 3 is 2.24 bits per heavy atom. The second-order valence-corrected chi connectivity index (χ2v) is 11.4. The van der Waals surface area contributed by atoms with Gasteiger partial charge in [-0.3, -0.25) is 14.4 Å². The molecule has 2 aliphatic rings. The summed E-state index contributed by atoms with van der Waals surface area (Å²) in [4.78, 5) is 24.0. The minimum absolute atomic E-state index is 0.0661. The molecule has 0 spiro atoms. The number of halogens is 3. The van der Waals surface area contributed by atoms with Crippen LogP contribution in [-0.2, 0) is 29.8 Å². The zero-order valence-corrected chi connectivity index (χ0v) is 21.4. The molecule has 1 aromatic heterocycles. The summed E-state index contributed by atoms with van der Waals surface area (Å²) in [7, 11) is -3.57. The number of alkyl halides is 3. The highest BCUT2D eigenvalue weighted by atomic mass is 32.2. The summed E-state index contributed by atoms with van der Waals surface area (Å²) in [5.74, 6) is -2.69. The van der Waals surface area contributed by atoms with E-state index in [1.807, 2.05) is 12.1 Å². The number of carbonyl (C=O) groups is 2. The van der Waals surface area contributed by atoms with Gasteiger partial charge in [-0.05, 0) is 54.9 Å². The number of nitrogens with zero attached hydrogens (tertiary/aromatic N) is 1. The summed E-state index contributed by atoms with van der Waals surface area (Å²) in [6, 6.07) is 10.4. The van der Waals surface area contributed by atoms with Crippen molar-refractivity contribution >= 4 is 38.9 Å². The molecule has 3 N–H and O–H groups in total. The number of carboxylic acids is 1. The fourth-order valence-corrected chi connectivity index (χ4v) is 5.80. The van der Waals surface area contributed by atoms with Gasteiger partial charge in [-0.25, -0.2) is 13.2 Å². The number of anilines is 1. The highest BCUT2D eigenvalue weighted by Crippen LogP contribution is 2.48. The lowest BCUT2D eigenvalue weighted by atomic mass is 9.95. The zero-order chi connectivity index (χ0) is 27.1. The molecule has 1 saturated heterocycles. The number of carboxylic acid groups (broad SMARTS) is 1. The van der Waals surface area contributed by atoms with Gasteiger partial charge in [-0.1, -0.05) is 18.2 Å². The lowest BCUT2D eigenvalue weighted by molar-refractivity contribution is -0.192. The van der Waals surface area contributed by atoms with Crippen LogP contribution in [-0.4, -0.2) is 75.9 Å². The summed E-state index contributed by atoms with van der Waals surface area (Å²) in [6.07, 6.45) is -2.52. The Labute approximate surface area is 216 Å². The molecule has 9 nitrogen and oxygen atoms in total. The summed E-state index contributed by atoms with van der Waals surface area (Å²) in [6.45, 7) is 5.12. The van der Waals surface area contributed by atoms with Gasteiger partial charge in [0, 0.05) is 25.3 Å². The first-order valence-corrected chi connectivity index (χ1v) is 13.9. The van der Waals surface area contributed by atoms with Crippen LogP contribution in [0.1, 0.15) is 24.8 Å². The SMILES string of the molecule is O=C(NCCCN1CCOCC1)C1(c2ccc(NS(=O)(=O)c3cccs3)cc2)CC1.O=C(O)C(F)(F)F. The number of benzene rings is 1. The number of rotatable bonds is 9. The van der Waals surface area contributed by atoms with Crippen molar-refractivity contribution in [1.82, 2.24) is 10.2 Å². The second-order valence-electron chi connectivity index (χ2n) is 8.56. The van der Waals surface area contributed by atoms with Crippen molar-refractivity contribution in [2.45, 2.75) is 35.1 Å². The maximum Gasteiger partial charge on any atom is 0.490 e. The number of amides is 1. The Morgan fingerprint density at radius 2 is 1.73 bits per heavy atom. The molecule has 204 valence electrons. The van der Waals surface area contributed by atoms with Crippen LogP contribution in [0.2, 0.25) is 0 Å². The standard InChI is InChI=1S/C21H27N3O4S2.C2HF3O2/c25-20(22-10-2-11-24-12-14-28-15-13-24)21(8-9-21)17-4-6-18(7-5-17)23-30(26,27)19-3-1-16-29-19;3-2(4,5)1(6)7/h1,3-7,16,23H,2,8-15H2,(H,22,25);(H,6,7). The third-order valence-electron chi connectivity index (χ3n) is 5.92. The second kappa shape index (κ2) is 12.2. The summed E-state index contributed by atoms with van der Waals surface area (Å²) in [5.41, 5.74) is 0.963. The Balaban J connectivity index is 0.000000479. The Bertz CT molecular complexity index is 1150. The smallest absolute Gasteiger partial charge is 0.475 e. The monoisotopic (exact) mass is 563 g/mol. The number of carbonyl (C=O) groups excluding carboxylic acids is 1. The first-order chi connectivity index (χ1) is 17.4. The van der Waals surface area contributed by atoms with E-state index in [0.29, 0.717) is 12.2 Å². The maximum absolute atomic E-state index is 12.8. The fraction of sp³-hybridized carbons (Fsp3) is 0.478. The molecule has 0 atom stereocenters. The number of hydrogen-bond donors (Lipinski definition) is 3. The van der Waals surface area contributed by atoms with Gasteiger partial charge in [0.1, 0.15) is 4.21 Å². The van der Waals surface area contributed by atoms with Crippen molar-refractivity contribution in [3.63, 3.8) is 0 Å². The van der Waals surface area contributed by atoms with Gasteiger partial charge in [-0.2, -0.15) is 13.2 Å². The zero-order valence-electron chi connectivity index (χ0n) is 19.8. The van der Waals surface area contributed by atoms with Gasteiger partial charge in [-0.15, -0.1) is 11.3 Å². The largest absolute Gasteiger partial charge is 0.490 e. The van der Waals surface area contributed by atoms with E-state index in [1.54, 1.807) is 29.6 Å². The summed E-state index contributed by atoms with van der Waals surface area (Å²) >= 11 is 1.18. The molecule has 1 aromatic carbocycles. The van der Waals surface area contributed by atoms with E-state index < -0.39 is 27.6 Å². The predicted molar refractivity (Wildman–Crippen MR) is 131 cm³/mol. The van der Waals surface area contributed by atoms with Crippen molar-refractivity contribution in [2.24, 2.45) is 0 Å². The van der Waals surface area contributed by atoms with Crippen molar-refractivity contribution in [3.05, 3.63) is 47.3 Å². The van der Waals surface area contributed by atoms with E-state index >= 15 is 0 Å². The molecule has 14 heteroatoms. The van der Waals surface area contributed by atoms with Crippen molar-refractivity contribution in [3.8, 4) is 0 Å². The molecule has 2 heterocycles. The van der Waals surface area contributed by atoms with Crippen LogP contribution in [0, 0.1) is 0 Å². The number of sulfonamides is 1. The topological polar surface area (TPSA) is 125 Å². The molecule has 1 aliphatic carbocycles. The minimum Gasteiger partial charge on any atom is -0.475 e. The quantitative estimate of drug-likeness (QED) is 0.401. The molecule has 4 rings (SSSR count). The van der Waals surface area contributed by atoms with Crippen LogP contribution >= 0.6 is 11.3 Å². The number of thiophene rings is 1. The highest BCUT2D eigenvalue weighted by molar-refractivity contribution is 7.94. The van der Waals surface area contributed by atoms with Crippen LogP contribution < -0.4 is 10.0 Å². The fourth-order valence-electron chi connectivity index (χ4n) is 3.75. The van der Waals surface area contributed by atoms with Crippen LogP contribution in [0.25, 0.3) is 0 Å². The van der Waals surface area contributed by atoms with E-state index in [0.717, 1.165) is 57.7 Å². The molecule has 0 bridgehead atoms. The van der Waals surface area contributed by atoms with Crippen molar-refractivity contribution in [2.75, 3.05) is 44.1 Å². The average molecular weight is 564 g/mol. The highest BCUT2D eigenvalue weighted by Gasteiger charge is 2.51. The van der Waals surface area contributed by atoms with E-state index in [1.165, 1.54) is 11.3 Å². The Kier molecular flexibility index (Phi) is 9.56. The normalized spacial score (nSPS) is 17.3. The Morgan fingerprint density at radius 1 is 1.11 bits per heavy atom. The molecule has 1 saturated carbocycles. The number of hydrogen-bond acceptors (Lipinski definition) is 7. The number of nitrogens with one attached hydrogen (secondary N) is 2. The first kappa shape index (κ1) is 28.9. The molecule has 2 fully saturated rings. The molecular weight excluding hydrogens is 535 g/mol. The average Bonchev–Trinajstić information content (AvgIpc) is 3.46. The van der Waals surface area contributed by atoms with E-state index in [2.05, 4.69) is 14.9 Å². The number of ether oxygens (including phenoxy) is 1. The molecule has 0 unspecified atom stereocenters. The van der Waals surface area contributed by atoms with Crippen LogP contribution in [0.3, 0.4) is 0 Å². The lowest BCUT2D eigenvalue weighted by Crippen LogP contribution is -2.39. The van der Waals surface area contributed by atoms with Crippen LogP contribution in [0.4, 0.5) is 18.9 Å². The van der Waals surface area contributed by atoms with E-state index in [4.69, 9.17) is 14.6 Å². The predicted octanol–water partition coefficient (Wildman–Crippen LogP) is 3.05. The van der Waals surface area contributed by atoms with E-state index in [9.17, 15) is 26.4 Å². The van der Waals surface area contributed by atoms with Gasteiger partial charge < -0.3 is 15.2 Å². The minimum atomic E-state index is -5.08. The summed E-state index contributed by atoms with van der Waals surface area (Å²) < 4.78 is 64.7. The summed E-state index contributed by atoms with van der Waals surface area (Å²) in [5, 5.41) is 11.9. The molecule has 2 aromatic rings.